The van der Waals surface area contributed by atoms with Crippen molar-refractivity contribution in [1.29, 1.82) is 0 Å². The average Bonchev–Trinajstić information content (AvgIpc) is 2.84. The molecule has 1 aliphatic rings. The highest BCUT2D eigenvalue weighted by Gasteiger charge is 2.22. The molecule has 5 nitrogen and oxygen atoms in total. The summed E-state index contributed by atoms with van der Waals surface area (Å²) in [7, 11) is 1.73. The van der Waals surface area contributed by atoms with Gasteiger partial charge in [0.1, 0.15) is 5.69 Å². The second-order valence-electron chi connectivity index (χ2n) is 5.87. The van der Waals surface area contributed by atoms with Gasteiger partial charge < -0.3 is 14.2 Å². The first-order valence-electron chi connectivity index (χ1n) is 7.81. The number of ether oxygens (including phenoxy) is 1. The molecule has 0 aliphatic carbocycles. The van der Waals surface area contributed by atoms with Crippen molar-refractivity contribution in [3.63, 3.8) is 0 Å². The number of hydrogen-bond donors (Lipinski definition) is 0. The van der Waals surface area contributed by atoms with Crippen LogP contribution >= 0.6 is 0 Å². The van der Waals surface area contributed by atoms with Gasteiger partial charge >= 0.3 is 0 Å². The van der Waals surface area contributed by atoms with E-state index in [1.807, 2.05) is 23.2 Å². The lowest BCUT2D eigenvalue weighted by Crippen LogP contribution is -2.37. The van der Waals surface area contributed by atoms with Gasteiger partial charge in [0.25, 0.3) is 5.91 Å². The number of carbonyl (C=O) groups is 1. The Hall–Kier alpha value is -1.33. The lowest BCUT2D eigenvalue weighted by Gasteiger charge is -2.23. The molecule has 2 heterocycles. The Balaban J connectivity index is 1.98. The number of hydrogen-bond acceptors (Lipinski definition) is 3. The summed E-state index contributed by atoms with van der Waals surface area (Å²) in [5.41, 5.74) is 0.801. The molecule has 2 rings (SSSR count). The second-order valence-corrected chi connectivity index (χ2v) is 5.87. The van der Waals surface area contributed by atoms with E-state index in [1.165, 1.54) is 0 Å². The Morgan fingerprint density at radius 1 is 1.29 bits per heavy atom. The maximum absolute atomic E-state index is 12.7. The zero-order chi connectivity index (χ0) is 15.2. The molecule has 118 valence electrons. The van der Waals surface area contributed by atoms with Crippen LogP contribution in [0, 0.1) is 0 Å². The zero-order valence-electron chi connectivity index (χ0n) is 13.4. The topological polar surface area (TPSA) is 37.7 Å². The average molecular weight is 293 g/mol. The summed E-state index contributed by atoms with van der Waals surface area (Å²) in [5.74, 6) is 0.155. The summed E-state index contributed by atoms with van der Waals surface area (Å²) >= 11 is 0. The number of nitrogens with zero attached hydrogens (tertiary/aromatic N) is 3. The molecule has 1 aromatic rings. The smallest absolute Gasteiger partial charge is 0.270 e. The third-order valence-electron chi connectivity index (χ3n) is 4.04. The normalized spacial score (nSPS) is 17.2. The second kappa shape index (κ2) is 7.61. The van der Waals surface area contributed by atoms with E-state index >= 15 is 0 Å². The van der Waals surface area contributed by atoms with Crippen molar-refractivity contribution in [2.24, 2.45) is 0 Å². The van der Waals surface area contributed by atoms with Crippen LogP contribution < -0.4 is 0 Å². The number of amides is 1. The molecule has 0 bridgehead atoms. The standard InChI is InChI=1S/C16H27N3O2/c1-14(2)19-9-4-6-15(19)16(20)18-8-5-7-17(10-11-18)12-13-21-3/h4,6,9,14H,5,7-8,10-13H2,1-3H3. The van der Waals surface area contributed by atoms with Crippen molar-refractivity contribution in [2.45, 2.75) is 26.3 Å². The molecule has 0 N–H and O–H groups in total. The van der Waals surface area contributed by atoms with Crippen LogP contribution in [0.25, 0.3) is 0 Å². The predicted molar refractivity (Wildman–Crippen MR) is 83.7 cm³/mol. The van der Waals surface area contributed by atoms with Gasteiger partial charge in [-0.3, -0.25) is 9.69 Å². The Morgan fingerprint density at radius 3 is 2.81 bits per heavy atom. The quantitative estimate of drug-likeness (QED) is 0.831. The molecule has 5 heteroatoms. The van der Waals surface area contributed by atoms with Crippen LogP contribution in [0.5, 0.6) is 0 Å². The summed E-state index contributed by atoms with van der Waals surface area (Å²) < 4.78 is 7.19. The summed E-state index contributed by atoms with van der Waals surface area (Å²) in [6.07, 6.45) is 3.01. The van der Waals surface area contributed by atoms with Crippen LogP contribution in [-0.2, 0) is 4.74 Å². The number of carbonyl (C=O) groups excluding carboxylic acids is 1. The maximum Gasteiger partial charge on any atom is 0.270 e. The van der Waals surface area contributed by atoms with Crippen LogP contribution in [0.1, 0.15) is 36.8 Å². The molecule has 0 spiro atoms. The summed E-state index contributed by atoms with van der Waals surface area (Å²) in [6.45, 7) is 9.51. The van der Waals surface area contributed by atoms with Crippen LogP contribution in [0.2, 0.25) is 0 Å². The van der Waals surface area contributed by atoms with E-state index < -0.39 is 0 Å². The molecule has 0 radical (unpaired) electrons. The van der Waals surface area contributed by atoms with E-state index in [4.69, 9.17) is 4.74 Å². The first-order valence-corrected chi connectivity index (χ1v) is 7.81. The Bertz CT molecular complexity index is 456. The zero-order valence-corrected chi connectivity index (χ0v) is 13.4. The number of methoxy groups -OCH3 is 1. The fourth-order valence-electron chi connectivity index (χ4n) is 2.81. The molecule has 0 unspecified atom stereocenters. The molecule has 1 aliphatic heterocycles. The van der Waals surface area contributed by atoms with Crippen molar-refractivity contribution in [3.05, 3.63) is 24.0 Å². The molecule has 1 fully saturated rings. The summed E-state index contributed by atoms with van der Waals surface area (Å²) in [5, 5.41) is 0. The van der Waals surface area contributed by atoms with Crippen molar-refractivity contribution in [1.82, 2.24) is 14.4 Å². The highest BCUT2D eigenvalue weighted by Crippen LogP contribution is 2.14. The van der Waals surface area contributed by atoms with Crippen LogP contribution in [0.15, 0.2) is 18.3 Å². The van der Waals surface area contributed by atoms with Crippen molar-refractivity contribution in [3.8, 4) is 0 Å². The first kappa shape index (κ1) is 16.0. The molecule has 1 aromatic heterocycles. The minimum Gasteiger partial charge on any atom is -0.383 e. The van der Waals surface area contributed by atoms with E-state index in [0.29, 0.717) is 6.04 Å². The lowest BCUT2D eigenvalue weighted by atomic mass is 10.3. The van der Waals surface area contributed by atoms with Gasteiger partial charge in [0.2, 0.25) is 0 Å². The lowest BCUT2D eigenvalue weighted by molar-refractivity contribution is 0.0746. The summed E-state index contributed by atoms with van der Waals surface area (Å²) in [6, 6.07) is 4.19. The predicted octanol–water partition coefficient (Wildman–Crippen LogP) is 1.86. The minimum atomic E-state index is 0.155. The Morgan fingerprint density at radius 2 is 2.10 bits per heavy atom. The van der Waals surface area contributed by atoms with E-state index in [1.54, 1.807) is 7.11 Å². The highest BCUT2D eigenvalue weighted by molar-refractivity contribution is 5.92. The van der Waals surface area contributed by atoms with Crippen LogP contribution in [0.3, 0.4) is 0 Å². The molecule has 1 amide bonds. The third kappa shape index (κ3) is 4.08. The first-order chi connectivity index (χ1) is 10.1. The fraction of sp³-hybridized carbons (Fsp3) is 0.688. The van der Waals surface area contributed by atoms with E-state index in [0.717, 1.165) is 51.4 Å². The molecular formula is C16H27N3O2. The van der Waals surface area contributed by atoms with E-state index in [-0.39, 0.29) is 5.91 Å². The number of rotatable bonds is 5. The monoisotopic (exact) mass is 293 g/mol. The van der Waals surface area contributed by atoms with Gasteiger partial charge in [0, 0.05) is 45.5 Å². The van der Waals surface area contributed by atoms with Crippen LogP contribution in [0.4, 0.5) is 0 Å². The van der Waals surface area contributed by atoms with Gasteiger partial charge in [-0.1, -0.05) is 0 Å². The molecule has 0 atom stereocenters. The highest BCUT2D eigenvalue weighted by atomic mass is 16.5. The molecule has 21 heavy (non-hydrogen) atoms. The van der Waals surface area contributed by atoms with Crippen molar-refractivity contribution in [2.75, 3.05) is 46.4 Å². The third-order valence-corrected chi connectivity index (χ3v) is 4.04. The number of aromatic nitrogens is 1. The van der Waals surface area contributed by atoms with E-state index in [9.17, 15) is 4.79 Å². The molecule has 1 saturated heterocycles. The molecule has 0 saturated carbocycles. The van der Waals surface area contributed by atoms with Gasteiger partial charge in [0.05, 0.1) is 6.61 Å². The van der Waals surface area contributed by atoms with Crippen molar-refractivity contribution < 1.29 is 9.53 Å². The molecule has 0 aromatic carbocycles. The maximum atomic E-state index is 12.7. The summed E-state index contributed by atoms with van der Waals surface area (Å²) in [4.78, 5) is 17.1. The molecular weight excluding hydrogens is 266 g/mol. The van der Waals surface area contributed by atoms with Crippen LogP contribution in [-0.4, -0.2) is 66.7 Å². The minimum absolute atomic E-state index is 0.155. The van der Waals surface area contributed by atoms with Gasteiger partial charge in [-0.25, -0.2) is 0 Å². The van der Waals surface area contributed by atoms with Gasteiger partial charge in [-0.05, 0) is 38.9 Å². The van der Waals surface area contributed by atoms with E-state index in [2.05, 4.69) is 23.3 Å². The van der Waals surface area contributed by atoms with Crippen molar-refractivity contribution >= 4 is 5.91 Å². The fourth-order valence-corrected chi connectivity index (χ4v) is 2.81. The van der Waals surface area contributed by atoms with Gasteiger partial charge in [-0.2, -0.15) is 0 Å². The van der Waals surface area contributed by atoms with Gasteiger partial charge in [-0.15, -0.1) is 0 Å². The largest absolute Gasteiger partial charge is 0.383 e. The Kier molecular flexibility index (Phi) is 5.82. The Labute approximate surface area is 127 Å². The SMILES string of the molecule is COCCN1CCCN(C(=O)c2cccn2C(C)C)CC1. The van der Waals surface area contributed by atoms with Gasteiger partial charge in [0.15, 0.2) is 0 Å².